The molecule has 0 heterocycles. The van der Waals surface area contributed by atoms with Crippen molar-refractivity contribution in [2.75, 3.05) is 5.32 Å². The van der Waals surface area contributed by atoms with Crippen LogP contribution in [0, 0.1) is 0 Å². The van der Waals surface area contributed by atoms with Crippen LogP contribution in [0.5, 0.6) is 0 Å². The molecule has 0 aliphatic rings. The van der Waals surface area contributed by atoms with Gasteiger partial charge in [-0.15, -0.1) is 0 Å². The second-order valence-electron chi connectivity index (χ2n) is 6.18. The number of rotatable bonds is 5. The Hall–Kier alpha value is -2.54. The van der Waals surface area contributed by atoms with Gasteiger partial charge in [0.05, 0.1) is 6.04 Å². The van der Waals surface area contributed by atoms with Crippen molar-refractivity contribution < 1.29 is 0 Å². The van der Waals surface area contributed by atoms with Gasteiger partial charge < -0.3 is 5.32 Å². The molecule has 0 aliphatic carbocycles. The standard InChI is InChI=1S/C22H23N/c1-17(2)18-13-15-21(16-14-18)23-22(19-9-5-3-6-10-19)20-11-7-4-8-12-20/h3-17,22-23H,1-2H3. The summed E-state index contributed by atoms with van der Waals surface area (Å²) in [5.74, 6) is 0.558. The highest BCUT2D eigenvalue weighted by Gasteiger charge is 2.13. The van der Waals surface area contributed by atoms with Gasteiger partial charge in [0.1, 0.15) is 0 Å². The van der Waals surface area contributed by atoms with Crippen LogP contribution in [0.1, 0.15) is 42.5 Å². The van der Waals surface area contributed by atoms with Crippen LogP contribution >= 0.6 is 0 Å². The van der Waals surface area contributed by atoms with Crippen LogP contribution < -0.4 is 5.32 Å². The van der Waals surface area contributed by atoms with Crippen LogP contribution in [0.15, 0.2) is 84.9 Å². The minimum atomic E-state index is 0.155. The summed E-state index contributed by atoms with van der Waals surface area (Å²) in [5, 5.41) is 3.68. The summed E-state index contributed by atoms with van der Waals surface area (Å²) in [5.41, 5.74) is 5.05. The first-order valence-corrected chi connectivity index (χ1v) is 8.20. The van der Waals surface area contributed by atoms with Gasteiger partial charge in [0.2, 0.25) is 0 Å². The van der Waals surface area contributed by atoms with E-state index < -0.39 is 0 Å². The molecule has 0 saturated carbocycles. The maximum absolute atomic E-state index is 3.68. The molecule has 3 aromatic carbocycles. The Bertz CT molecular complexity index is 675. The number of anilines is 1. The monoisotopic (exact) mass is 301 g/mol. The third kappa shape index (κ3) is 3.81. The molecule has 3 aromatic rings. The lowest BCUT2D eigenvalue weighted by Gasteiger charge is -2.21. The maximum atomic E-state index is 3.68. The van der Waals surface area contributed by atoms with E-state index in [0.717, 1.165) is 5.69 Å². The lowest BCUT2D eigenvalue weighted by atomic mass is 9.98. The van der Waals surface area contributed by atoms with Crippen molar-refractivity contribution in [3.05, 3.63) is 102 Å². The minimum Gasteiger partial charge on any atom is -0.374 e. The van der Waals surface area contributed by atoms with Gasteiger partial charge in [0, 0.05) is 5.69 Å². The molecular formula is C22H23N. The Kier molecular flexibility index (Phi) is 4.77. The molecule has 0 aliphatic heterocycles. The molecule has 1 nitrogen and oxygen atoms in total. The molecule has 0 fully saturated rings. The highest BCUT2D eigenvalue weighted by atomic mass is 14.9. The van der Waals surface area contributed by atoms with E-state index in [9.17, 15) is 0 Å². The van der Waals surface area contributed by atoms with Crippen LogP contribution in [0.4, 0.5) is 5.69 Å². The normalized spacial score (nSPS) is 11.0. The molecule has 0 saturated heterocycles. The van der Waals surface area contributed by atoms with Crippen molar-refractivity contribution in [2.45, 2.75) is 25.8 Å². The summed E-state index contributed by atoms with van der Waals surface area (Å²) in [6, 6.07) is 30.1. The van der Waals surface area contributed by atoms with Crippen LogP contribution in [0.2, 0.25) is 0 Å². The molecule has 23 heavy (non-hydrogen) atoms. The third-order valence-electron chi connectivity index (χ3n) is 4.15. The summed E-state index contributed by atoms with van der Waals surface area (Å²) in [4.78, 5) is 0. The maximum Gasteiger partial charge on any atom is 0.0767 e. The summed E-state index contributed by atoms with van der Waals surface area (Å²) in [6.45, 7) is 4.44. The van der Waals surface area contributed by atoms with E-state index in [1.54, 1.807) is 0 Å². The number of hydrogen-bond acceptors (Lipinski definition) is 1. The van der Waals surface area contributed by atoms with E-state index in [2.05, 4.69) is 104 Å². The van der Waals surface area contributed by atoms with Crippen LogP contribution in [-0.4, -0.2) is 0 Å². The molecule has 0 amide bonds. The second kappa shape index (κ2) is 7.15. The van der Waals surface area contributed by atoms with E-state index in [-0.39, 0.29) is 6.04 Å². The summed E-state index contributed by atoms with van der Waals surface area (Å²) >= 11 is 0. The van der Waals surface area contributed by atoms with Crippen molar-refractivity contribution in [3.63, 3.8) is 0 Å². The molecule has 0 bridgehead atoms. The van der Waals surface area contributed by atoms with Gasteiger partial charge in [0.15, 0.2) is 0 Å². The lowest BCUT2D eigenvalue weighted by Crippen LogP contribution is -2.12. The van der Waals surface area contributed by atoms with E-state index in [0.29, 0.717) is 5.92 Å². The van der Waals surface area contributed by atoms with Crippen LogP contribution in [-0.2, 0) is 0 Å². The molecular weight excluding hydrogens is 278 g/mol. The van der Waals surface area contributed by atoms with Crippen LogP contribution in [0.3, 0.4) is 0 Å². The zero-order chi connectivity index (χ0) is 16.1. The summed E-state index contributed by atoms with van der Waals surface area (Å²) in [7, 11) is 0. The molecule has 1 heteroatoms. The summed E-state index contributed by atoms with van der Waals surface area (Å²) in [6.07, 6.45) is 0. The molecule has 3 rings (SSSR count). The molecule has 0 unspecified atom stereocenters. The fourth-order valence-corrected chi connectivity index (χ4v) is 2.78. The van der Waals surface area contributed by atoms with Crippen molar-refractivity contribution >= 4 is 5.69 Å². The number of nitrogens with one attached hydrogen (secondary N) is 1. The van der Waals surface area contributed by atoms with Gasteiger partial charge >= 0.3 is 0 Å². The van der Waals surface area contributed by atoms with Crippen LogP contribution in [0.25, 0.3) is 0 Å². The number of hydrogen-bond donors (Lipinski definition) is 1. The van der Waals surface area contributed by atoms with Crippen molar-refractivity contribution in [1.29, 1.82) is 0 Å². The van der Waals surface area contributed by atoms with Gasteiger partial charge in [0.25, 0.3) is 0 Å². The predicted octanol–water partition coefficient (Wildman–Crippen LogP) is 6.01. The highest BCUT2D eigenvalue weighted by Crippen LogP contribution is 2.27. The van der Waals surface area contributed by atoms with Gasteiger partial charge in [-0.2, -0.15) is 0 Å². The number of benzene rings is 3. The van der Waals surface area contributed by atoms with Crippen molar-refractivity contribution in [1.82, 2.24) is 0 Å². The molecule has 1 N–H and O–H groups in total. The zero-order valence-corrected chi connectivity index (χ0v) is 13.7. The highest BCUT2D eigenvalue weighted by molar-refractivity contribution is 5.50. The first-order chi connectivity index (χ1) is 11.2. The first-order valence-electron chi connectivity index (χ1n) is 8.20. The van der Waals surface area contributed by atoms with E-state index in [4.69, 9.17) is 0 Å². The van der Waals surface area contributed by atoms with E-state index >= 15 is 0 Å². The fourth-order valence-electron chi connectivity index (χ4n) is 2.78. The molecule has 0 atom stereocenters. The molecule has 0 spiro atoms. The van der Waals surface area contributed by atoms with Crippen molar-refractivity contribution in [3.8, 4) is 0 Å². The molecule has 116 valence electrons. The molecule has 0 radical (unpaired) electrons. The van der Waals surface area contributed by atoms with Gasteiger partial charge in [-0.25, -0.2) is 0 Å². The predicted molar refractivity (Wildman–Crippen MR) is 98.9 cm³/mol. The molecule has 0 aromatic heterocycles. The average molecular weight is 301 g/mol. The van der Waals surface area contributed by atoms with E-state index in [1.165, 1.54) is 16.7 Å². The average Bonchev–Trinajstić information content (AvgIpc) is 2.61. The van der Waals surface area contributed by atoms with Gasteiger partial charge in [-0.1, -0.05) is 86.6 Å². The Morgan fingerprint density at radius 1 is 0.565 bits per heavy atom. The SMILES string of the molecule is CC(C)c1ccc(NC(c2ccccc2)c2ccccc2)cc1. The quantitative estimate of drug-likeness (QED) is 0.608. The smallest absolute Gasteiger partial charge is 0.0767 e. The Morgan fingerprint density at radius 2 is 1.04 bits per heavy atom. The lowest BCUT2D eigenvalue weighted by molar-refractivity contribution is 0.866. The minimum absolute atomic E-state index is 0.155. The Labute approximate surface area is 139 Å². The second-order valence-corrected chi connectivity index (χ2v) is 6.18. The topological polar surface area (TPSA) is 12.0 Å². The van der Waals surface area contributed by atoms with E-state index in [1.807, 2.05) is 0 Å². The van der Waals surface area contributed by atoms with Gasteiger partial charge in [-0.05, 0) is 34.7 Å². The first kappa shape index (κ1) is 15.4. The van der Waals surface area contributed by atoms with Crippen molar-refractivity contribution in [2.24, 2.45) is 0 Å². The zero-order valence-electron chi connectivity index (χ0n) is 13.7. The van der Waals surface area contributed by atoms with Gasteiger partial charge in [-0.3, -0.25) is 0 Å². The Morgan fingerprint density at radius 3 is 1.48 bits per heavy atom. The summed E-state index contributed by atoms with van der Waals surface area (Å²) < 4.78 is 0. The third-order valence-corrected chi connectivity index (χ3v) is 4.15. The fraction of sp³-hybridized carbons (Fsp3) is 0.182. The largest absolute Gasteiger partial charge is 0.374 e. The Balaban J connectivity index is 1.90.